The number of hydrogen-bond donors (Lipinski definition) is 1. The molecule has 1 aromatic rings. The lowest BCUT2D eigenvalue weighted by Gasteiger charge is -2.22. The molecule has 17 heavy (non-hydrogen) atoms. The number of aromatic nitrogens is 1. The molecule has 92 valence electrons. The Morgan fingerprint density at radius 3 is 3.06 bits per heavy atom. The maximum Gasteiger partial charge on any atom is 0.169 e. The molecule has 1 saturated heterocycles. The van der Waals surface area contributed by atoms with Gasteiger partial charge in [0.15, 0.2) is 5.78 Å². The van der Waals surface area contributed by atoms with Gasteiger partial charge < -0.3 is 10.5 Å². The number of ether oxygens (including phenoxy) is 1. The molecule has 1 fully saturated rings. The average molecular weight is 234 g/mol. The molecule has 2 N–H and O–H groups in total. The Morgan fingerprint density at radius 2 is 2.41 bits per heavy atom. The molecule has 1 aromatic heterocycles. The molecule has 0 bridgehead atoms. The number of carbonyl (C=O) groups is 1. The summed E-state index contributed by atoms with van der Waals surface area (Å²) < 4.78 is 5.57. The van der Waals surface area contributed by atoms with E-state index in [2.05, 4.69) is 4.98 Å². The third-order valence-electron chi connectivity index (χ3n) is 3.15. The van der Waals surface area contributed by atoms with Crippen LogP contribution >= 0.6 is 0 Å². The number of pyridine rings is 1. The maximum atomic E-state index is 12.2. The van der Waals surface area contributed by atoms with Crippen LogP contribution in [-0.2, 0) is 4.74 Å². The first-order chi connectivity index (χ1) is 8.18. The summed E-state index contributed by atoms with van der Waals surface area (Å²) in [5.41, 5.74) is 7.20. The summed E-state index contributed by atoms with van der Waals surface area (Å²) in [7, 11) is 0. The molecule has 0 amide bonds. The first-order valence-corrected chi connectivity index (χ1v) is 6.04. The molecule has 0 saturated carbocycles. The van der Waals surface area contributed by atoms with Crippen molar-refractivity contribution in [2.75, 3.05) is 12.3 Å². The fourth-order valence-corrected chi connectivity index (χ4v) is 2.22. The van der Waals surface area contributed by atoms with Crippen molar-refractivity contribution >= 4 is 11.6 Å². The molecular formula is C13H18N2O2. The molecule has 1 aliphatic heterocycles. The summed E-state index contributed by atoms with van der Waals surface area (Å²) >= 11 is 0. The number of aryl methyl sites for hydroxylation is 1. The van der Waals surface area contributed by atoms with Gasteiger partial charge in [-0.15, -0.1) is 0 Å². The Kier molecular flexibility index (Phi) is 3.74. The van der Waals surface area contributed by atoms with Crippen LogP contribution in [0.1, 0.15) is 41.6 Å². The Bertz CT molecular complexity index is 392. The van der Waals surface area contributed by atoms with E-state index < -0.39 is 0 Å². The van der Waals surface area contributed by atoms with E-state index in [0.29, 0.717) is 17.8 Å². The second-order valence-corrected chi connectivity index (χ2v) is 4.50. The van der Waals surface area contributed by atoms with Crippen LogP contribution in [0.25, 0.3) is 0 Å². The summed E-state index contributed by atoms with van der Waals surface area (Å²) in [5.74, 6) is 0.366. The minimum atomic E-state index is 0.0417. The van der Waals surface area contributed by atoms with Crippen LogP contribution in [0.4, 0.5) is 5.82 Å². The number of rotatable bonds is 3. The predicted molar refractivity (Wildman–Crippen MR) is 65.9 cm³/mol. The van der Waals surface area contributed by atoms with Gasteiger partial charge in [0.2, 0.25) is 0 Å². The van der Waals surface area contributed by atoms with Gasteiger partial charge in [-0.25, -0.2) is 4.98 Å². The van der Waals surface area contributed by atoms with Gasteiger partial charge in [-0.2, -0.15) is 0 Å². The van der Waals surface area contributed by atoms with Gasteiger partial charge >= 0.3 is 0 Å². The SMILES string of the molecule is Cc1ccnc(N)c1C(=O)CC1CCCCO1. The van der Waals surface area contributed by atoms with Crippen LogP contribution in [0, 0.1) is 6.92 Å². The normalized spacial score (nSPS) is 20.2. The largest absolute Gasteiger partial charge is 0.383 e. The Labute approximate surface area is 101 Å². The van der Waals surface area contributed by atoms with E-state index >= 15 is 0 Å². The van der Waals surface area contributed by atoms with Crippen LogP contribution in [0.3, 0.4) is 0 Å². The van der Waals surface area contributed by atoms with Gasteiger partial charge in [-0.3, -0.25) is 4.79 Å². The molecule has 1 unspecified atom stereocenters. The molecule has 1 atom stereocenters. The van der Waals surface area contributed by atoms with Crippen molar-refractivity contribution in [1.29, 1.82) is 0 Å². The number of nitrogens with zero attached hydrogens (tertiary/aromatic N) is 1. The second kappa shape index (κ2) is 5.27. The quantitative estimate of drug-likeness (QED) is 0.813. The van der Waals surface area contributed by atoms with Crippen molar-refractivity contribution in [3.63, 3.8) is 0 Å². The maximum absolute atomic E-state index is 12.2. The van der Waals surface area contributed by atoms with Gasteiger partial charge in [0.25, 0.3) is 0 Å². The summed E-state index contributed by atoms with van der Waals surface area (Å²) in [6.45, 7) is 2.65. The van der Waals surface area contributed by atoms with Crippen molar-refractivity contribution in [3.05, 3.63) is 23.4 Å². The highest BCUT2D eigenvalue weighted by Gasteiger charge is 2.21. The molecule has 0 aliphatic carbocycles. The monoisotopic (exact) mass is 234 g/mol. The Balaban J connectivity index is 2.08. The fourth-order valence-electron chi connectivity index (χ4n) is 2.22. The third kappa shape index (κ3) is 2.82. The number of nitrogens with two attached hydrogens (primary N) is 1. The number of ketones is 1. The first kappa shape index (κ1) is 12.0. The highest BCUT2D eigenvalue weighted by molar-refractivity contribution is 6.01. The highest BCUT2D eigenvalue weighted by atomic mass is 16.5. The van der Waals surface area contributed by atoms with Crippen LogP contribution in [-0.4, -0.2) is 23.5 Å². The zero-order valence-electron chi connectivity index (χ0n) is 10.1. The molecule has 2 rings (SSSR count). The molecular weight excluding hydrogens is 216 g/mol. The van der Waals surface area contributed by atoms with Gasteiger partial charge in [-0.05, 0) is 37.8 Å². The summed E-state index contributed by atoms with van der Waals surface area (Å²) in [4.78, 5) is 16.1. The van der Waals surface area contributed by atoms with Crippen LogP contribution in [0.15, 0.2) is 12.3 Å². The van der Waals surface area contributed by atoms with E-state index in [9.17, 15) is 4.79 Å². The first-order valence-electron chi connectivity index (χ1n) is 6.04. The van der Waals surface area contributed by atoms with E-state index in [1.54, 1.807) is 6.20 Å². The van der Waals surface area contributed by atoms with Crippen molar-refractivity contribution in [2.24, 2.45) is 0 Å². The van der Waals surface area contributed by atoms with Crippen LogP contribution in [0.2, 0.25) is 0 Å². The van der Waals surface area contributed by atoms with E-state index in [1.807, 2.05) is 13.0 Å². The van der Waals surface area contributed by atoms with E-state index in [-0.39, 0.29) is 11.9 Å². The number of anilines is 1. The van der Waals surface area contributed by atoms with E-state index in [1.165, 1.54) is 0 Å². The Morgan fingerprint density at radius 1 is 1.59 bits per heavy atom. The number of hydrogen-bond acceptors (Lipinski definition) is 4. The molecule has 0 radical (unpaired) electrons. The minimum Gasteiger partial charge on any atom is -0.383 e. The summed E-state index contributed by atoms with van der Waals surface area (Å²) in [6.07, 6.45) is 5.29. The molecule has 2 heterocycles. The van der Waals surface area contributed by atoms with Crippen molar-refractivity contribution < 1.29 is 9.53 Å². The van der Waals surface area contributed by atoms with Gasteiger partial charge in [0.05, 0.1) is 11.7 Å². The fraction of sp³-hybridized carbons (Fsp3) is 0.538. The number of Topliss-reactive ketones (excluding diaryl/α,β-unsaturated/α-hetero) is 1. The number of nitrogen functional groups attached to an aromatic ring is 1. The topological polar surface area (TPSA) is 65.2 Å². The lowest BCUT2D eigenvalue weighted by molar-refractivity contribution is 0.0129. The Hall–Kier alpha value is -1.42. The second-order valence-electron chi connectivity index (χ2n) is 4.50. The molecule has 0 spiro atoms. The van der Waals surface area contributed by atoms with Crippen molar-refractivity contribution in [3.8, 4) is 0 Å². The van der Waals surface area contributed by atoms with Gasteiger partial charge in [0, 0.05) is 19.2 Å². The lowest BCUT2D eigenvalue weighted by Crippen LogP contribution is -2.23. The third-order valence-corrected chi connectivity index (χ3v) is 3.15. The summed E-state index contributed by atoms with van der Waals surface area (Å²) in [5, 5.41) is 0. The lowest BCUT2D eigenvalue weighted by atomic mass is 9.98. The molecule has 1 aliphatic rings. The van der Waals surface area contributed by atoms with Crippen LogP contribution < -0.4 is 5.73 Å². The summed E-state index contributed by atoms with van der Waals surface area (Å²) in [6, 6.07) is 1.81. The van der Waals surface area contributed by atoms with E-state index in [4.69, 9.17) is 10.5 Å². The standard InChI is InChI=1S/C13H18N2O2/c1-9-5-6-15-13(14)12(9)11(16)8-10-4-2-3-7-17-10/h5-6,10H,2-4,7-8H2,1H3,(H2,14,15). The molecule has 4 nitrogen and oxygen atoms in total. The van der Waals surface area contributed by atoms with E-state index in [0.717, 1.165) is 31.4 Å². The highest BCUT2D eigenvalue weighted by Crippen LogP contribution is 2.21. The van der Waals surface area contributed by atoms with Crippen LogP contribution in [0.5, 0.6) is 0 Å². The smallest absolute Gasteiger partial charge is 0.169 e. The minimum absolute atomic E-state index is 0.0417. The molecule has 0 aromatic carbocycles. The zero-order valence-corrected chi connectivity index (χ0v) is 10.1. The molecule has 4 heteroatoms. The zero-order chi connectivity index (χ0) is 12.3. The van der Waals surface area contributed by atoms with Gasteiger partial charge in [0.1, 0.15) is 5.82 Å². The number of carbonyl (C=O) groups excluding carboxylic acids is 1. The van der Waals surface area contributed by atoms with Gasteiger partial charge in [-0.1, -0.05) is 0 Å². The predicted octanol–water partition coefficient (Wildman–Crippen LogP) is 2.11. The van der Waals surface area contributed by atoms with Crippen molar-refractivity contribution in [1.82, 2.24) is 4.98 Å². The average Bonchev–Trinajstić information content (AvgIpc) is 2.30. The van der Waals surface area contributed by atoms with Crippen molar-refractivity contribution in [2.45, 2.75) is 38.7 Å².